The number of ketones is 1. The van der Waals surface area contributed by atoms with Crippen LogP contribution in [-0.2, 0) is 0 Å². The van der Waals surface area contributed by atoms with Gasteiger partial charge in [0.2, 0.25) is 0 Å². The second kappa shape index (κ2) is 9.39. The number of fused-ring (bicyclic) bond motifs is 1. The average molecular weight is 396 g/mol. The van der Waals surface area contributed by atoms with Crippen LogP contribution in [0.15, 0.2) is 48.5 Å². The minimum absolute atomic E-state index is 0.00301. The van der Waals surface area contributed by atoms with Gasteiger partial charge in [-0.3, -0.25) is 10.1 Å². The van der Waals surface area contributed by atoms with Crippen LogP contribution < -0.4 is 14.8 Å². The summed E-state index contributed by atoms with van der Waals surface area (Å²) in [7, 11) is 0. The largest absolute Gasteiger partial charge is 0.486 e. The van der Waals surface area contributed by atoms with Gasteiger partial charge in [-0.25, -0.2) is 0 Å². The molecule has 2 aromatic carbocycles. The summed E-state index contributed by atoms with van der Waals surface area (Å²) >= 11 is 0. The normalized spacial score (nSPS) is 18.4. The van der Waals surface area contributed by atoms with Crippen molar-refractivity contribution in [3.8, 4) is 11.5 Å². The molecule has 0 amide bonds. The van der Waals surface area contributed by atoms with Crippen LogP contribution in [0.3, 0.4) is 0 Å². The molecule has 4 rings (SSSR count). The molecule has 1 fully saturated rings. The number of nitrogens with zero attached hydrogens (tertiary/aromatic N) is 1. The van der Waals surface area contributed by atoms with Crippen molar-refractivity contribution in [3.63, 3.8) is 0 Å². The summed E-state index contributed by atoms with van der Waals surface area (Å²) in [6, 6.07) is 14.4. The van der Waals surface area contributed by atoms with E-state index in [1.165, 1.54) is 0 Å². The second-order valence-corrected chi connectivity index (χ2v) is 7.60. The number of hydrogen-bond donors (Lipinski definition) is 2. The summed E-state index contributed by atoms with van der Waals surface area (Å²) in [4.78, 5) is 15.7. The Kier molecular flexibility index (Phi) is 6.44. The molecule has 0 aliphatic carbocycles. The van der Waals surface area contributed by atoms with Crippen LogP contribution >= 0.6 is 0 Å². The van der Waals surface area contributed by atoms with Gasteiger partial charge in [-0.15, -0.1) is 0 Å². The van der Waals surface area contributed by atoms with E-state index in [0.29, 0.717) is 36.8 Å². The topological polar surface area (TPSA) is 71.0 Å². The summed E-state index contributed by atoms with van der Waals surface area (Å²) in [5.74, 6) is 1.29. The van der Waals surface area contributed by atoms with Crippen LogP contribution in [0.4, 0.5) is 0 Å². The number of benzene rings is 2. The van der Waals surface area contributed by atoms with Gasteiger partial charge in [0.15, 0.2) is 17.3 Å². The molecule has 0 saturated carbocycles. The van der Waals surface area contributed by atoms with Crippen LogP contribution in [-0.4, -0.2) is 61.3 Å². The number of aliphatic hydroxyl groups is 1. The maximum atomic E-state index is 13.4. The highest BCUT2D eigenvalue weighted by Gasteiger charge is 2.28. The zero-order valence-corrected chi connectivity index (χ0v) is 16.5. The fourth-order valence-corrected chi connectivity index (χ4v) is 4.02. The molecule has 0 spiro atoms. The van der Waals surface area contributed by atoms with Crippen molar-refractivity contribution in [2.75, 3.05) is 39.5 Å². The van der Waals surface area contributed by atoms with E-state index in [4.69, 9.17) is 9.47 Å². The quantitative estimate of drug-likeness (QED) is 0.668. The number of likely N-dealkylation sites (tertiary alicyclic amines) is 1. The lowest BCUT2D eigenvalue weighted by Gasteiger charge is -2.28. The molecule has 0 unspecified atom stereocenters. The fourth-order valence-electron chi connectivity index (χ4n) is 4.02. The summed E-state index contributed by atoms with van der Waals surface area (Å²) in [5, 5.41) is 13.4. The molecule has 154 valence electrons. The van der Waals surface area contributed by atoms with E-state index < -0.39 is 6.04 Å². The number of carbonyl (C=O) groups excluding carboxylic acids is 1. The Hall–Kier alpha value is -2.41. The molecule has 2 N–H and O–H groups in total. The lowest BCUT2D eigenvalue weighted by atomic mass is 10.00. The first-order valence-electron chi connectivity index (χ1n) is 10.3. The minimum atomic E-state index is -0.423. The van der Waals surface area contributed by atoms with Crippen molar-refractivity contribution in [1.29, 1.82) is 0 Å². The van der Waals surface area contributed by atoms with Gasteiger partial charge >= 0.3 is 0 Å². The van der Waals surface area contributed by atoms with Crippen molar-refractivity contribution in [2.24, 2.45) is 0 Å². The summed E-state index contributed by atoms with van der Waals surface area (Å²) in [6.07, 6.45) is 2.32. The highest BCUT2D eigenvalue weighted by Crippen LogP contribution is 2.31. The van der Waals surface area contributed by atoms with Crippen molar-refractivity contribution < 1.29 is 19.4 Å². The van der Waals surface area contributed by atoms with E-state index in [1.54, 1.807) is 18.2 Å². The molecule has 2 aromatic rings. The molecule has 2 heterocycles. The SMILES string of the molecule is O=C(c1ccc2c(c1)OCCO2)[C@@H](CN1CCCC1)N[C@H](CO)c1ccccc1. The predicted octanol–water partition coefficient (Wildman–Crippen LogP) is 2.43. The number of carbonyl (C=O) groups is 1. The highest BCUT2D eigenvalue weighted by atomic mass is 16.6. The summed E-state index contributed by atoms with van der Waals surface area (Å²) in [6.45, 7) is 3.56. The van der Waals surface area contributed by atoms with Crippen molar-refractivity contribution >= 4 is 5.78 Å². The Labute approximate surface area is 171 Å². The van der Waals surface area contributed by atoms with E-state index in [0.717, 1.165) is 31.5 Å². The number of aliphatic hydroxyl groups excluding tert-OH is 1. The van der Waals surface area contributed by atoms with E-state index in [1.807, 2.05) is 30.3 Å². The molecule has 0 bridgehead atoms. The van der Waals surface area contributed by atoms with Gasteiger partial charge in [0.25, 0.3) is 0 Å². The average Bonchev–Trinajstić information content (AvgIpc) is 3.29. The molecule has 6 heteroatoms. The second-order valence-electron chi connectivity index (χ2n) is 7.60. The van der Waals surface area contributed by atoms with Gasteiger partial charge in [-0.2, -0.15) is 0 Å². The smallest absolute Gasteiger partial charge is 0.181 e. The first-order valence-corrected chi connectivity index (χ1v) is 10.3. The number of nitrogens with one attached hydrogen (secondary N) is 1. The summed E-state index contributed by atoms with van der Waals surface area (Å²) < 4.78 is 11.2. The van der Waals surface area contributed by atoms with E-state index >= 15 is 0 Å². The number of rotatable bonds is 8. The zero-order valence-electron chi connectivity index (χ0n) is 16.5. The molecule has 2 aliphatic heterocycles. The Balaban J connectivity index is 1.56. The molecule has 2 aliphatic rings. The monoisotopic (exact) mass is 396 g/mol. The molecule has 6 nitrogen and oxygen atoms in total. The van der Waals surface area contributed by atoms with Crippen molar-refractivity contribution in [3.05, 3.63) is 59.7 Å². The van der Waals surface area contributed by atoms with E-state index in [2.05, 4.69) is 10.2 Å². The summed E-state index contributed by atoms with van der Waals surface area (Å²) in [5.41, 5.74) is 1.56. The van der Waals surface area contributed by atoms with Gasteiger partial charge < -0.3 is 19.5 Å². The molecular weight excluding hydrogens is 368 g/mol. The zero-order chi connectivity index (χ0) is 20.1. The van der Waals surface area contributed by atoms with Gasteiger partial charge in [-0.05, 0) is 49.7 Å². The molecule has 1 saturated heterocycles. The maximum absolute atomic E-state index is 13.4. The van der Waals surface area contributed by atoms with Crippen LogP contribution in [0.25, 0.3) is 0 Å². The predicted molar refractivity (Wildman–Crippen MR) is 111 cm³/mol. The first-order chi connectivity index (χ1) is 14.2. The number of Topliss-reactive ketones (excluding diaryl/α,β-unsaturated/α-hetero) is 1. The van der Waals surface area contributed by atoms with E-state index in [-0.39, 0.29) is 18.4 Å². The lowest BCUT2D eigenvalue weighted by Crippen LogP contribution is -2.47. The molecular formula is C23H28N2O4. The third-order valence-corrected chi connectivity index (χ3v) is 5.57. The van der Waals surface area contributed by atoms with Gasteiger partial charge in [-0.1, -0.05) is 30.3 Å². The third kappa shape index (κ3) is 4.78. The molecule has 0 aromatic heterocycles. The molecule has 2 atom stereocenters. The number of hydrogen-bond acceptors (Lipinski definition) is 6. The van der Waals surface area contributed by atoms with Crippen molar-refractivity contribution in [1.82, 2.24) is 10.2 Å². The number of ether oxygens (including phenoxy) is 2. The molecule has 29 heavy (non-hydrogen) atoms. The maximum Gasteiger partial charge on any atom is 0.181 e. The Morgan fingerprint density at radius 3 is 2.48 bits per heavy atom. The fraction of sp³-hybridized carbons (Fsp3) is 0.435. The lowest BCUT2D eigenvalue weighted by molar-refractivity contribution is 0.0898. The standard InChI is InChI=1S/C23H28N2O4/c26-16-20(17-6-2-1-3-7-17)24-19(15-25-10-4-5-11-25)23(27)18-8-9-21-22(14-18)29-13-12-28-21/h1-3,6-9,14,19-20,24,26H,4-5,10-13,15-16H2/t19-,20-/m1/s1. The minimum Gasteiger partial charge on any atom is -0.486 e. The van der Waals surface area contributed by atoms with Crippen LogP contribution in [0, 0.1) is 0 Å². The van der Waals surface area contributed by atoms with Crippen LogP contribution in [0.2, 0.25) is 0 Å². The van der Waals surface area contributed by atoms with Gasteiger partial charge in [0, 0.05) is 12.1 Å². The van der Waals surface area contributed by atoms with Crippen LogP contribution in [0.5, 0.6) is 11.5 Å². The Bertz CT molecular complexity index is 821. The van der Waals surface area contributed by atoms with Gasteiger partial charge in [0.05, 0.1) is 18.7 Å². The van der Waals surface area contributed by atoms with Crippen molar-refractivity contribution in [2.45, 2.75) is 24.9 Å². The Morgan fingerprint density at radius 1 is 1.03 bits per heavy atom. The third-order valence-electron chi connectivity index (χ3n) is 5.57. The molecule has 0 radical (unpaired) electrons. The van der Waals surface area contributed by atoms with E-state index in [9.17, 15) is 9.90 Å². The Morgan fingerprint density at radius 2 is 1.76 bits per heavy atom. The van der Waals surface area contributed by atoms with Crippen LogP contribution in [0.1, 0.15) is 34.8 Å². The van der Waals surface area contributed by atoms with Gasteiger partial charge in [0.1, 0.15) is 13.2 Å². The first kappa shape index (κ1) is 19.9. The highest BCUT2D eigenvalue weighted by molar-refractivity contribution is 6.01.